The van der Waals surface area contributed by atoms with Gasteiger partial charge in [0.2, 0.25) is 11.4 Å². The van der Waals surface area contributed by atoms with Crippen molar-refractivity contribution in [2.24, 2.45) is 0 Å². The first-order valence-electron chi connectivity index (χ1n) is 3.16. The van der Waals surface area contributed by atoms with Gasteiger partial charge < -0.3 is 0 Å². The highest BCUT2D eigenvalue weighted by atomic mass is 35.5. The Hall–Kier alpha value is -0.530. The average molecular weight is 189 g/mol. The molecule has 1 nitrogen and oxygen atoms in total. The quantitative estimate of drug-likeness (QED) is 0.472. The summed E-state index contributed by atoms with van der Waals surface area (Å²) in [5.41, 5.74) is 2.44. The fourth-order valence-electron chi connectivity index (χ4n) is 0.752. The molecule has 58 valence electrons. The van der Waals surface area contributed by atoms with Crippen molar-refractivity contribution in [2.45, 2.75) is 0 Å². The minimum Gasteiger partial charge on any atom is -0.191 e. The van der Waals surface area contributed by atoms with E-state index in [1.54, 1.807) is 4.58 Å². The zero-order chi connectivity index (χ0) is 8.27. The van der Waals surface area contributed by atoms with Crippen LogP contribution in [-0.2, 0) is 0 Å². The van der Waals surface area contributed by atoms with E-state index in [0.717, 1.165) is 5.69 Å². The highest BCUT2D eigenvalue weighted by molar-refractivity contribution is 6.54. The van der Waals surface area contributed by atoms with E-state index >= 15 is 0 Å². The van der Waals surface area contributed by atoms with Crippen LogP contribution < -0.4 is 0 Å². The summed E-state index contributed by atoms with van der Waals surface area (Å²) in [6.07, 6.45) is 0. The monoisotopic (exact) mass is 188 g/mol. The molecule has 0 aliphatic rings. The molecule has 0 heterocycles. The fraction of sp³-hybridized carbons (Fsp3) is 0.125. The minimum atomic E-state index is 0.716. The third-order valence-electron chi connectivity index (χ3n) is 1.36. The molecular formula is C8H8Cl2N+. The zero-order valence-electron chi connectivity index (χ0n) is 6.09. The van der Waals surface area contributed by atoms with Crippen LogP contribution in [-0.4, -0.2) is 17.3 Å². The molecule has 0 saturated heterocycles. The van der Waals surface area contributed by atoms with Crippen LogP contribution in [0.1, 0.15) is 0 Å². The molecule has 0 radical (unpaired) electrons. The first-order valence-corrected chi connectivity index (χ1v) is 3.97. The predicted octanol–water partition coefficient (Wildman–Crippen LogP) is 2.88. The first-order chi connectivity index (χ1) is 5.24. The van der Waals surface area contributed by atoms with E-state index in [9.17, 15) is 0 Å². The van der Waals surface area contributed by atoms with E-state index in [1.165, 1.54) is 5.67 Å². The van der Waals surface area contributed by atoms with E-state index in [1.807, 2.05) is 31.3 Å². The first kappa shape index (κ1) is 8.57. The van der Waals surface area contributed by atoms with Crippen molar-refractivity contribution in [3.63, 3.8) is 0 Å². The van der Waals surface area contributed by atoms with Crippen molar-refractivity contribution >= 4 is 34.6 Å². The summed E-state index contributed by atoms with van der Waals surface area (Å²) in [7, 11) is 1.86. The second-order valence-electron chi connectivity index (χ2n) is 2.19. The lowest BCUT2D eigenvalue weighted by molar-refractivity contribution is -0.397. The Balaban J connectivity index is 3.06. The summed E-state index contributed by atoms with van der Waals surface area (Å²) in [6.45, 7) is 0. The smallest absolute Gasteiger partial charge is 0.191 e. The Bertz CT molecular complexity index is 281. The van der Waals surface area contributed by atoms with Gasteiger partial charge in [-0.25, -0.2) is 0 Å². The Kier molecular flexibility index (Phi) is 2.92. The molecule has 11 heavy (non-hydrogen) atoms. The van der Waals surface area contributed by atoms with Crippen LogP contribution >= 0.6 is 23.2 Å². The van der Waals surface area contributed by atoms with Crippen molar-refractivity contribution in [3.8, 4) is 0 Å². The molecule has 0 aliphatic carbocycles. The SMILES string of the molecule is C[N+](=CCl)c1cccc(Cl)c1. The third kappa shape index (κ3) is 2.21. The van der Waals surface area contributed by atoms with Crippen molar-refractivity contribution < 1.29 is 4.58 Å². The van der Waals surface area contributed by atoms with Crippen LogP contribution in [0.5, 0.6) is 0 Å². The Morgan fingerprint density at radius 1 is 1.45 bits per heavy atom. The number of rotatable bonds is 1. The van der Waals surface area contributed by atoms with Crippen molar-refractivity contribution in [1.82, 2.24) is 0 Å². The number of hydrogen-bond acceptors (Lipinski definition) is 0. The van der Waals surface area contributed by atoms with Gasteiger partial charge >= 0.3 is 0 Å². The molecule has 0 unspecified atom stereocenters. The molecule has 0 aliphatic heterocycles. The number of nitrogens with zero attached hydrogens (tertiary/aromatic N) is 1. The summed E-state index contributed by atoms with van der Waals surface area (Å²) in [4.78, 5) is 0. The second kappa shape index (κ2) is 3.74. The van der Waals surface area contributed by atoms with Crippen LogP contribution in [0.3, 0.4) is 0 Å². The number of benzene rings is 1. The van der Waals surface area contributed by atoms with E-state index in [2.05, 4.69) is 0 Å². The maximum absolute atomic E-state index is 5.76. The second-order valence-corrected chi connectivity index (χ2v) is 2.82. The molecule has 1 aromatic carbocycles. The lowest BCUT2D eigenvalue weighted by Gasteiger charge is -1.93. The molecule has 0 amide bonds. The highest BCUT2D eigenvalue weighted by Gasteiger charge is 2.00. The fourth-order valence-corrected chi connectivity index (χ4v) is 1.05. The van der Waals surface area contributed by atoms with Gasteiger partial charge in [0.05, 0.1) is 0 Å². The average Bonchev–Trinajstić information content (AvgIpc) is 2.03. The van der Waals surface area contributed by atoms with Gasteiger partial charge in [0, 0.05) is 17.2 Å². The molecule has 3 heteroatoms. The van der Waals surface area contributed by atoms with Gasteiger partial charge in [0.15, 0.2) is 0 Å². The zero-order valence-corrected chi connectivity index (χ0v) is 7.60. The van der Waals surface area contributed by atoms with Crippen LogP contribution in [0.4, 0.5) is 5.69 Å². The Labute approximate surface area is 75.9 Å². The van der Waals surface area contributed by atoms with Gasteiger partial charge in [0.1, 0.15) is 7.05 Å². The van der Waals surface area contributed by atoms with Crippen LogP contribution in [0.2, 0.25) is 5.02 Å². The normalized spacial score (nSPS) is 11.7. The summed E-state index contributed by atoms with van der Waals surface area (Å²) in [5.74, 6) is 0. The molecule has 1 rings (SSSR count). The standard InChI is InChI=1S/C8H8Cl2N/c1-11(6-9)8-4-2-3-7(10)5-8/h2-6H,1H3/q+1. The lowest BCUT2D eigenvalue weighted by Crippen LogP contribution is -1.94. The predicted molar refractivity (Wildman–Crippen MR) is 49.2 cm³/mol. The Morgan fingerprint density at radius 2 is 2.18 bits per heavy atom. The summed E-state index contributed by atoms with van der Waals surface area (Å²) in [6, 6.07) is 7.49. The molecule has 1 aromatic rings. The van der Waals surface area contributed by atoms with Crippen LogP contribution in [0, 0.1) is 0 Å². The molecule has 0 fully saturated rings. The molecule has 0 bridgehead atoms. The number of halogens is 2. The van der Waals surface area contributed by atoms with Gasteiger partial charge in [-0.3, -0.25) is 0 Å². The largest absolute Gasteiger partial charge is 0.238 e. The van der Waals surface area contributed by atoms with Crippen LogP contribution in [0.15, 0.2) is 24.3 Å². The third-order valence-corrected chi connectivity index (χ3v) is 1.89. The maximum Gasteiger partial charge on any atom is 0.238 e. The highest BCUT2D eigenvalue weighted by Crippen LogP contribution is 2.16. The van der Waals surface area contributed by atoms with Gasteiger partial charge in [-0.2, -0.15) is 4.58 Å². The van der Waals surface area contributed by atoms with Crippen molar-refractivity contribution in [2.75, 3.05) is 7.05 Å². The van der Waals surface area contributed by atoms with Gasteiger partial charge in [-0.1, -0.05) is 17.7 Å². The number of hydrogen-bond donors (Lipinski definition) is 0. The van der Waals surface area contributed by atoms with Crippen molar-refractivity contribution in [3.05, 3.63) is 29.3 Å². The van der Waals surface area contributed by atoms with E-state index in [-0.39, 0.29) is 0 Å². The molecule has 0 aromatic heterocycles. The van der Waals surface area contributed by atoms with Gasteiger partial charge in [-0.05, 0) is 17.7 Å². The van der Waals surface area contributed by atoms with Crippen LogP contribution in [0.25, 0.3) is 0 Å². The van der Waals surface area contributed by atoms with Gasteiger partial charge in [-0.15, -0.1) is 0 Å². The Morgan fingerprint density at radius 3 is 2.73 bits per heavy atom. The van der Waals surface area contributed by atoms with E-state index < -0.39 is 0 Å². The summed E-state index contributed by atoms with van der Waals surface area (Å²) >= 11 is 11.3. The van der Waals surface area contributed by atoms with E-state index in [4.69, 9.17) is 23.2 Å². The molecule has 0 spiro atoms. The van der Waals surface area contributed by atoms with Crippen molar-refractivity contribution in [1.29, 1.82) is 0 Å². The topological polar surface area (TPSA) is 3.01 Å². The summed E-state index contributed by atoms with van der Waals surface area (Å²) < 4.78 is 1.79. The molecule has 0 N–H and O–H groups in total. The molecule has 0 saturated carbocycles. The molecule has 0 atom stereocenters. The van der Waals surface area contributed by atoms with Gasteiger partial charge in [0.25, 0.3) is 0 Å². The summed E-state index contributed by atoms with van der Waals surface area (Å²) in [5, 5.41) is 0.716. The maximum atomic E-state index is 5.76. The van der Waals surface area contributed by atoms with E-state index in [0.29, 0.717) is 5.02 Å². The minimum absolute atomic E-state index is 0.716. The lowest BCUT2D eigenvalue weighted by atomic mass is 10.3. The molecular weight excluding hydrogens is 181 g/mol.